The van der Waals surface area contributed by atoms with Crippen LogP contribution in [0.25, 0.3) is 0 Å². The van der Waals surface area contributed by atoms with Gasteiger partial charge < -0.3 is 19.7 Å². The molecule has 1 aromatic rings. The Kier molecular flexibility index (Phi) is 5.09. The van der Waals surface area contributed by atoms with Crippen LogP contribution in [-0.2, 0) is 20.4 Å². The highest BCUT2D eigenvalue weighted by Gasteiger charge is 2.37. The molecule has 1 heterocycles. The zero-order valence-electron chi connectivity index (χ0n) is 12.3. The van der Waals surface area contributed by atoms with Crippen LogP contribution < -0.4 is 10.2 Å². The number of methoxy groups -OCH3 is 1. The minimum Gasteiger partial charge on any atom is -0.465 e. The number of hydrogen-bond donors (Lipinski definition) is 1. The molecule has 126 valence electrons. The molecule has 0 aliphatic carbocycles. The highest BCUT2D eigenvalue weighted by molar-refractivity contribution is 5.99. The van der Waals surface area contributed by atoms with E-state index in [4.69, 9.17) is 4.74 Å². The summed E-state index contributed by atoms with van der Waals surface area (Å²) >= 11 is 0. The molecule has 0 spiro atoms. The average molecular weight is 332 g/mol. The summed E-state index contributed by atoms with van der Waals surface area (Å²) in [4.78, 5) is 23.9. The molecule has 0 saturated carbocycles. The van der Waals surface area contributed by atoms with E-state index in [2.05, 4.69) is 10.1 Å². The number of benzene rings is 1. The van der Waals surface area contributed by atoms with Crippen LogP contribution in [0.1, 0.15) is 15.9 Å². The number of alkyl halides is 3. The Labute approximate surface area is 130 Å². The lowest BCUT2D eigenvalue weighted by atomic mass is 10.0. The van der Waals surface area contributed by atoms with E-state index in [1.807, 2.05) is 0 Å². The Balaban J connectivity index is 2.60. The van der Waals surface area contributed by atoms with E-state index in [1.165, 1.54) is 4.90 Å². The van der Waals surface area contributed by atoms with Gasteiger partial charge in [0.2, 0.25) is 6.41 Å². The second-order valence-corrected chi connectivity index (χ2v) is 4.77. The third-order valence-corrected chi connectivity index (χ3v) is 3.41. The lowest BCUT2D eigenvalue weighted by Crippen LogP contribution is -2.37. The van der Waals surface area contributed by atoms with E-state index in [-0.39, 0.29) is 36.4 Å². The van der Waals surface area contributed by atoms with Crippen molar-refractivity contribution in [3.05, 3.63) is 23.3 Å². The van der Waals surface area contributed by atoms with E-state index in [9.17, 15) is 22.8 Å². The summed E-state index contributed by atoms with van der Waals surface area (Å²) in [5.41, 5.74) is -1.47. The van der Waals surface area contributed by atoms with Crippen molar-refractivity contribution >= 4 is 23.8 Å². The van der Waals surface area contributed by atoms with E-state index in [1.54, 1.807) is 0 Å². The van der Waals surface area contributed by atoms with Crippen molar-refractivity contribution in [2.45, 2.75) is 6.18 Å². The number of carbonyl (C=O) groups excluding carboxylic acids is 2. The molecule has 1 aromatic carbocycles. The van der Waals surface area contributed by atoms with Crippen molar-refractivity contribution in [2.24, 2.45) is 0 Å². The smallest absolute Gasteiger partial charge is 0.418 e. The lowest BCUT2D eigenvalue weighted by molar-refractivity contribution is -0.137. The van der Waals surface area contributed by atoms with Crippen LogP contribution in [0, 0.1) is 0 Å². The Bertz CT molecular complexity index is 598. The van der Waals surface area contributed by atoms with E-state index < -0.39 is 17.7 Å². The van der Waals surface area contributed by atoms with Gasteiger partial charge in [-0.2, -0.15) is 13.2 Å². The van der Waals surface area contributed by atoms with Crippen LogP contribution in [-0.4, -0.2) is 45.8 Å². The van der Waals surface area contributed by atoms with Gasteiger partial charge in [-0.3, -0.25) is 4.79 Å². The SMILES string of the molecule is COC(=O)c1cc(N2CCOCC2)c(C(F)(F)F)cc1NC=O. The standard InChI is InChI=1S/C14H15F3N2O4/c1-22-13(21)9-6-12(19-2-4-23-5-3-19)10(14(15,16)17)7-11(9)18-8-20/h6-8H,2-5H2,1H3,(H,18,20). The van der Waals surface area contributed by atoms with E-state index in [0.717, 1.165) is 19.2 Å². The molecule has 1 N–H and O–H groups in total. The van der Waals surface area contributed by atoms with Crippen LogP contribution in [0.4, 0.5) is 24.5 Å². The van der Waals surface area contributed by atoms with Crippen molar-refractivity contribution in [2.75, 3.05) is 43.6 Å². The maximum absolute atomic E-state index is 13.3. The molecule has 0 radical (unpaired) electrons. The molecule has 1 aliphatic rings. The molecule has 6 nitrogen and oxygen atoms in total. The number of morpholine rings is 1. The minimum absolute atomic E-state index is 0.141. The molecule has 23 heavy (non-hydrogen) atoms. The number of nitrogens with zero attached hydrogens (tertiary/aromatic N) is 1. The van der Waals surface area contributed by atoms with Crippen LogP contribution in [0.3, 0.4) is 0 Å². The van der Waals surface area contributed by atoms with Crippen LogP contribution in [0.15, 0.2) is 12.1 Å². The van der Waals surface area contributed by atoms with Crippen molar-refractivity contribution in [3.63, 3.8) is 0 Å². The summed E-state index contributed by atoms with van der Waals surface area (Å²) in [5.74, 6) is -0.836. The van der Waals surface area contributed by atoms with E-state index >= 15 is 0 Å². The van der Waals surface area contributed by atoms with Gasteiger partial charge in [-0.15, -0.1) is 0 Å². The molecule has 0 atom stereocenters. The number of hydrogen-bond acceptors (Lipinski definition) is 5. The number of amides is 1. The van der Waals surface area contributed by atoms with Gasteiger partial charge >= 0.3 is 12.1 Å². The topological polar surface area (TPSA) is 67.9 Å². The minimum atomic E-state index is -4.64. The molecule has 0 bridgehead atoms. The first-order chi connectivity index (χ1) is 10.9. The second-order valence-electron chi connectivity index (χ2n) is 4.77. The molecule has 1 aliphatic heterocycles. The Morgan fingerprint density at radius 1 is 1.35 bits per heavy atom. The maximum Gasteiger partial charge on any atom is 0.418 e. The van der Waals surface area contributed by atoms with Crippen molar-refractivity contribution in [3.8, 4) is 0 Å². The number of anilines is 2. The first-order valence-corrected chi connectivity index (χ1v) is 6.75. The molecule has 1 saturated heterocycles. The van der Waals surface area contributed by atoms with Crippen LogP contribution in [0.5, 0.6) is 0 Å². The Morgan fingerprint density at radius 2 is 2.00 bits per heavy atom. The fraction of sp³-hybridized carbons (Fsp3) is 0.429. The summed E-state index contributed by atoms with van der Waals surface area (Å²) in [6, 6.07) is 1.83. The maximum atomic E-state index is 13.3. The number of rotatable bonds is 4. The molecule has 2 rings (SSSR count). The second kappa shape index (κ2) is 6.86. The van der Waals surface area contributed by atoms with E-state index in [0.29, 0.717) is 13.2 Å². The first-order valence-electron chi connectivity index (χ1n) is 6.75. The van der Waals surface area contributed by atoms with Gasteiger partial charge in [-0.1, -0.05) is 0 Å². The summed E-state index contributed by atoms with van der Waals surface area (Å²) in [6.45, 7) is 1.12. The van der Waals surface area contributed by atoms with Gasteiger partial charge in [0.1, 0.15) is 0 Å². The number of ether oxygens (including phenoxy) is 2. The number of nitrogens with one attached hydrogen (secondary N) is 1. The number of esters is 1. The third kappa shape index (κ3) is 3.73. The Hall–Kier alpha value is -2.29. The zero-order chi connectivity index (χ0) is 17.0. The predicted octanol–water partition coefficient (Wildman–Crippen LogP) is 1.90. The third-order valence-electron chi connectivity index (χ3n) is 3.41. The summed E-state index contributed by atoms with van der Waals surface area (Å²) < 4.78 is 49.8. The molecule has 9 heteroatoms. The van der Waals surface area contributed by atoms with Gasteiger partial charge in [-0.05, 0) is 12.1 Å². The molecular formula is C14H15F3N2O4. The van der Waals surface area contributed by atoms with Gasteiger partial charge in [-0.25, -0.2) is 4.79 Å². The average Bonchev–Trinajstić information content (AvgIpc) is 2.54. The first kappa shape index (κ1) is 17.1. The molecule has 0 aromatic heterocycles. The zero-order valence-corrected chi connectivity index (χ0v) is 12.3. The summed E-state index contributed by atoms with van der Waals surface area (Å²) in [5, 5.41) is 2.11. The van der Waals surface area contributed by atoms with Gasteiger partial charge in [0.15, 0.2) is 0 Å². The largest absolute Gasteiger partial charge is 0.465 e. The van der Waals surface area contributed by atoms with Crippen molar-refractivity contribution in [1.29, 1.82) is 0 Å². The van der Waals surface area contributed by atoms with Crippen molar-refractivity contribution in [1.82, 2.24) is 0 Å². The van der Waals surface area contributed by atoms with Gasteiger partial charge in [0.05, 0.1) is 42.8 Å². The molecular weight excluding hydrogens is 317 g/mol. The van der Waals surface area contributed by atoms with Crippen LogP contribution in [0.2, 0.25) is 0 Å². The fourth-order valence-electron chi connectivity index (χ4n) is 2.34. The highest BCUT2D eigenvalue weighted by atomic mass is 19.4. The number of halogens is 3. The summed E-state index contributed by atoms with van der Waals surface area (Å²) in [6.07, 6.45) is -4.43. The highest BCUT2D eigenvalue weighted by Crippen LogP contribution is 2.40. The predicted molar refractivity (Wildman–Crippen MR) is 75.5 cm³/mol. The lowest BCUT2D eigenvalue weighted by Gasteiger charge is -2.31. The summed E-state index contributed by atoms with van der Waals surface area (Å²) in [7, 11) is 1.11. The normalized spacial score (nSPS) is 15.2. The molecule has 0 unspecified atom stereocenters. The van der Waals surface area contributed by atoms with Crippen LogP contribution >= 0.6 is 0 Å². The molecule has 1 fully saturated rings. The Morgan fingerprint density at radius 3 is 2.52 bits per heavy atom. The quantitative estimate of drug-likeness (QED) is 0.674. The molecule has 1 amide bonds. The fourth-order valence-corrected chi connectivity index (χ4v) is 2.34. The monoisotopic (exact) mass is 332 g/mol. The van der Waals surface area contributed by atoms with Gasteiger partial charge in [0, 0.05) is 13.1 Å². The van der Waals surface area contributed by atoms with Crippen molar-refractivity contribution < 1.29 is 32.2 Å². The van der Waals surface area contributed by atoms with Gasteiger partial charge in [0.25, 0.3) is 0 Å². The number of carbonyl (C=O) groups is 2.